The Morgan fingerprint density at radius 3 is 2.86 bits per heavy atom. The minimum Gasteiger partial charge on any atom is -0.378 e. The topological polar surface area (TPSA) is 76.1 Å². The highest BCUT2D eigenvalue weighted by atomic mass is 32.1. The lowest BCUT2D eigenvalue weighted by Gasteiger charge is -2.27. The molecule has 28 heavy (non-hydrogen) atoms. The van der Waals surface area contributed by atoms with Crippen LogP contribution in [0.4, 0.5) is 10.9 Å². The van der Waals surface area contributed by atoms with Gasteiger partial charge in [-0.25, -0.2) is 9.97 Å². The highest BCUT2D eigenvalue weighted by Crippen LogP contribution is 2.36. The van der Waals surface area contributed by atoms with Crippen LogP contribution in [0, 0.1) is 0 Å². The summed E-state index contributed by atoms with van der Waals surface area (Å²) in [5.74, 6) is 1.73. The minimum atomic E-state index is 0.741. The number of nitrogens with zero attached hydrogens (tertiary/aromatic N) is 5. The maximum atomic E-state index is 5.45. The first-order valence-corrected chi connectivity index (χ1v) is 10.1. The highest BCUT2D eigenvalue weighted by Gasteiger charge is 2.21. The lowest BCUT2D eigenvalue weighted by molar-refractivity contribution is 0.122. The summed E-state index contributed by atoms with van der Waals surface area (Å²) >= 11 is 1.55. The van der Waals surface area contributed by atoms with E-state index in [4.69, 9.17) is 9.72 Å². The van der Waals surface area contributed by atoms with E-state index in [0.717, 1.165) is 65.6 Å². The van der Waals surface area contributed by atoms with Crippen LogP contribution in [-0.4, -0.2) is 53.5 Å². The minimum absolute atomic E-state index is 0.741. The van der Waals surface area contributed by atoms with Crippen LogP contribution in [0.15, 0.2) is 36.5 Å². The van der Waals surface area contributed by atoms with Crippen LogP contribution in [0.2, 0.25) is 0 Å². The van der Waals surface area contributed by atoms with Crippen molar-refractivity contribution in [2.24, 2.45) is 0 Å². The Bertz CT molecular complexity index is 1040. The molecule has 8 heteroatoms. The third-order valence-corrected chi connectivity index (χ3v) is 6.02. The number of morpholine rings is 1. The molecule has 0 unspecified atom stereocenters. The number of allylic oxidation sites excluding steroid dienone is 1. The molecular formula is C20H20N6OS. The molecule has 0 atom stereocenters. The molecule has 0 bridgehead atoms. The number of nitrogens with one attached hydrogen (secondary N) is 1. The zero-order valence-corrected chi connectivity index (χ0v) is 16.4. The van der Waals surface area contributed by atoms with Crippen molar-refractivity contribution < 1.29 is 4.74 Å². The summed E-state index contributed by atoms with van der Waals surface area (Å²) in [4.78, 5) is 11.7. The van der Waals surface area contributed by atoms with Gasteiger partial charge in [-0.05, 0) is 29.7 Å². The summed E-state index contributed by atoms with van der Waals surface area (Å²) in [7, 11) is 1.85. The van der Waals surface area contributed by atoms with Gasteiger partial charge in [0.15, 0.2) is 5.82 Å². The molecule has 1 saturated heterocycles. The first-order chi connectivity index (χ1) is 13.8. The van der Waals surface area contributed by atoms with Crippen LogP contribution < -0.4 is 10.2 Å². The van der Waals surface area contributed by atoms with Crippen molar-refractivity contribution in [3.05, 3.63) is 53.5 Å². The molecule has 0 saturated carbocycles. The van der Waals surface area contributed by atoms with E-state index in [9.17, 15) is 0 Å². The van der Waals surface area contributed by atoms with Crippen LogP contribution in [0.5, 0.6) is 0 Å². The Hall–Kier alpha value is -2.84. The largest absolute Gasteiger partial charge is 0.378 e. The summed E-state index contributed by atoms with van der Waals surface area (Å²) in [5, 5.41) is 13.2. The van der Waals surface area contributed by atoms with Crippen molar-refractivity contribution in [1.29, 1.82) is 0 Å². The van der Waals surface area contributed by atoms with Crippen molar-refractivity contribution in [3.63, 3.8) is 0 Å². The van der Waals surface area contributed by atoms with E-state index in [1.807, 2.05) is 19.3 Å². The molecule has 2 aliphatic rings. The van der Waals surface area contributed by atoms with E-state index in [-0.39, 0.29) is 0 Å². The van der Waals surface area contributed by atoms with E-state index in [0.29, 0.717) is 0 Å². The van der Waals surface area contributed by atoms with E-state index in [1.54, 1.807) is 11.3 Å². The fourth-order valence-corrected chi connectivity index (χ4v) is 4.25. The summed E-state index contributed by atoms with van der Waals surface area (Å²) in [6, 6.07) is 8.43. The number of anilines is 2. The molecule has 1 aliphatic heterocycles. The van der Waals surface area contributed by atoms with Gasteiger partial charge in [-0.15, -0.1) is 10.2 Å². The number of benzene rings is 1. The quantitative estimate of drug-likeness (QED) is 0.732. The fourth-order valence-electron chi connectivity index (χ4n) is 3.56. The zero-order chi connectivity index (χ0) is 18.9. The van der Waals surface area contributed by atoms with Crippen LogP contribution in [0.3, 0.4) is 0 Å². The van der Waals surface area contributed by atoms with Gasteiger partial charge in [-0.3, -0.25) is 0 Å². The average Bonchev–Trinajstić information content (AvgIpc) is 3.41. The number of ether oxygens (including phenoxy) is 1. The lowest BCUT2D eigenvalue weighted by Crippen LogP contribution is -2.36. The summed E-state index contributed by atoms with van der Waals surface area (Å²) < 4.78 is 5.45. The van der Waals surface area contributed by atoms with E-state index in [1.165, 1.54) is 11.1 Å². The van der Waals surface area contributed by atoms with E-state index < -0.39 is 0 Å². The van der Waals surface area contributed by atoms with E-state index >= 15 is 0 Å². The third kappa shape index (κ3) is 3.14. The smallest absolute Gasteiger partial charge is 0.205 e. The van der Waals surface area contributed by atoms with Gasteiger partial charge in [-0.2, -0.15) is 0 Å². The third-order valence-electron chi connectivity index (χ3n) is 5.03. The second kappa shape index (κ2) is 7.29. The number of fused-ring (bicyclic) bond motifs is 1. The van der Waals surface area contributed by atoms with Gasteiger partial charge in [0, 0.05) is 37.5 Å². The second-order valence-corrected chi connectivity index (χ2v) is 7.67. The molecular weight excluding hydrogens is 372 g/mol. The fraction of sp³-hybridized carbons (Fsp3) is 0.300. The van der Waals surface area contributed by atoms with Gasteiger partial charge in [0.2, 0.25) is 5.13 Å². The van der Waals surface area contributed by atoms with Crippen LogP contribution >= 0.6 is 11.3 Å². The Balaban J connectivity index is 1.48. The van der Waals surface area contributed by atoms with Crippen molar-refractivity contribution >= 4 is 27.9 Å². The molecule has 142 valence electrons. The Kier molecular flexibility index (Phi) is 4.50. The molecule has 7 nitrogen and oxygen atoms in total. The van der Waals surface area contributed by atoms with Crippen LogP contribution in [0.1, 0.15) is 17.0 Å². The summed E-state index contributed by atoms with van der Waals surface area (Å²) in [6.07, 6.45) is 4.96. The molecule has 2 aromatic heterocycles. The molecule has 0 radical (unpaired) electrons. The van der Waals surface area contributed by atoms with Crippen LogP contribution in [0.25, 0.3) is 16.1 Å². The Labute approximate surface area is 167 Å². The molecule has 1 N–H and O–H groups in total. The molecule has 3 aromatic rings. The normalized spacial score (nSPS) is 16.0. The monoisotopic (exact) mass is 392 g/mol. The molecule has 3 heterocycles. The Morgan fingerprint density at radius 2 is 2.04 bits per heavy atom. The summed E-state index contributed by atoms with van der Waals surface area (Å²) in [6.45, 7) is 3.21. The first kappa shape index (κ1) is 17.3. The standard InChI is InChI=1S/C20H20N6OS/c1-21-20-25-24-19(28-20)14-3-2-13-4-5-15(16(13)12-14)18-22-7-6-17(23-18)26-8-10-27-11-9-26/h2-3,5-7,12H,4,8-11H2,1H3,(H,21,25). The predicted molar refractivity (Wildman–Crippen MR) is 111 cm³/mol. The number of rotatable bonds is 4. The zero-order valence-electron chi connectivity index (χ0n) is 15.6. The maximum absolute atomic E-state index is 5.45. The van der Waals surface area contributed by atoms with Crippen molar-refractivity contribution in [2.75, 3.05) is 43.6 Å². The number of aromatic nitrogens is 4. The van der Waals surface area contributed by atoms with E-state index in [2.05, 4.69) is 49.7 Å². The molecule has 0 amide bonds. The van der Waals surface area contributed by atoms with Gasteiger partial charge in [0.25, 0.3) is 0 Å². The van der Waals surface area contributed by atoms with Gasteiger partial charge >= 0.3 is 0 Å². The Morgan fingerprint density at radius 1 is 1.14 bits per heavy atom. The predicted octanol–water partition coefficient (Wildman–Crippen LogP) is 2.86. The maximum Gasteiger partial charge on any atom is 0.205 e. The summed E-state index contributed by atoms with van der Waals surface area (Å²) in [5.41, 5.74) is 4.62. The van der Waals surface area contributed by atoms with Crippen molar-refractivity contribution in [3.8, 4) is 10.6 Å². The molecule has 1 aliphatic carbocycles. The SMILES string of the molecule is CNc1nnc(-c2ccc3c(c2)C(c2nccc(N4CCOCC4)n2)=CC3)s1. The highest BCUT2D eigenvalue weighted by molar-refractivity contribution is 7.18. The van der Waals surface area contributed by atoms with Gasteiger partial charge in [-0.1, -0.05) is 29.5 Å². The average molecular weight is 392 g/mol. The van der Waals surface area contributed by atoms with Gasteiger partial charge in [0.1, 0.15) is 10.8 Å². The van der Waals surface area contributed by atoms with Gasteiger partial charge < -0.3 is 15.0 Å². The number of hydrogen-bond donors (Lipinski definition) is 1. The van der Waals surface area contributed by atoms with Crippen molar-refractivity contribution in [2.45, 2.75) is 6.42 Å². The number of hydrogen-bond acceptors (Lipinski definition) is 8. The van der Waals surface area contributed by atoms with Gasteiger partial charge in [0.05, 0.1) is 13.2 Å². The van der Waals surface area contributed by atoms with Crippen LogP contribution in [-0.2, 0) is 11.2 Å². The molecule has 1 fully saturated rings. The molecule has 5 rings (SSSR count). The molecule has 0 spiro atoms. The molecule has 1 aromatic carbocycles. The second-order valence-electron chi connectivity index (χ2n) is 6.69. The first-order valence-electron chi connectivity index (χ1n) is 9.33. The van der Waals surface area contributed by atoms with Crippen molar-refractivity contribution in [1.82, 2.24) is 20.2 Å². The lowest BCUT2D eigenvalue weighted by atomic mass is 10.0.